The highest BCUT2D eigenvalue weighted by Gasteiger charge is 2.29. The van der Waals surface area contributed by atoms with E-state index in [9.17, 15) is 14.4 Å². The predicted octanol–water partition coefficient (Wildman–Crippen LogP) is 3.86. The summed E-state index contributed by atoms with van der Waals surface area (Å²) in [6.07, 6.45) is 1.18. The number of hydrogen-bond acceptors (Lipinski definition) is 7. The number of piperidine rings is 1. The number of ether oxygens (including phenoxy) is 2. The number of carbonyl (C=O) groups is 3. The Balaban J connectivity index is 1.63. The molecule has 1 aliphatic rings. The topological polar surface area (TPSA) is 101 Å². The zero-order chi connectivity index (χ0) is 25.4. The van der Waals surface area contributed by atoms with Gasteiger partial charge in [0, 0.05) is 37.8 Å². The fraction of sp³-hybridized carbons (Fsp3) is 0.520. The van der Waals surface area contributed by atoms with Crippen LogP contribution in [-0.4, -0.2) is 72.6 Å². The van der Waals surface area contributed by atoms with Gasteiger partial charge in [-0.15, -0.1) is 11.3 Å². The number of esters is 1. The van der Waals surface area contributed by atoms with Crippen LogP contribution in [0.1, 0.15) is 46.4 Å². The number of hydrogen-bond donors (Lipinski definition) is 1. The molecule has 1 aromatic heterocycles. The van der Waals surface area contributed by atoms with Crippen LogP contribution < -0.4 is 5.32 Å². The summed E-state index contributed by atoms with van der Waals surface area (Å²) in [5, 5.41) is 5.40. The van der Waals surface area contributed by atoms with Crippen molar-refractivity contribution in [2.75, 3.05) is 45.3 Å². The molecule has 1 aromatic carbocycles. The first-order chi connectivity index (χ1) is 16.8. The maximum atomic E-state index is 13.1. The number of nitrogens with zero attached hydrogens (tertiary/aromatic N) is 3. The van der Waals surface area contributed by atoms with Crippen molar-refractivity contribution in [3.63, 3.8) is 0 Å². The molecule has 0 bridgehead atoms. The maximum Gasteiger partial charge on any atom is 0.322 e. The van der Waals surface area contributed by atoms with Gasteiger partial charge in [0.05, 0.1) is 25.7 Å². The summed E-state index contributed by atoms with van der Waals surface area (Å²) in [4.78, 5) is 45.9. The van der Waals surface area contributed by atoms with Crippen LogP contribution in [0.5, 0.6) is 0 Å². The number of nitrogens with one attached hydrogen (secondary N) is 1. The minimum Gasteiger partial charge on any atom is -0.466 e. The molecule has 190 valence electrons. The Bertz CT molecular complexity index is 1010. The van der Waals surface area contributed by atoms with Gasteiger partial charge in [-0.2, -0.15) is 0 Å². The highest BCUT2D eigenvalue weighted by molar-refractivity contribution is 7.09. The first-order valence-electron chi connectivity index (χ1n) is 11.8. The molecule has 0 radical (unpaired) electrons. The highest BCUT2D eigenvalue weighted by atomic mass is 32.1. The molecule has 3 rings (SSSR count). The Kier molecular flexibility index (Phi) is 9.62. The summed E-state index contributed by atoms with van der Waals surface area (Å²) in [6.45, 7) is 8.09. The number of para-hydroxylation sites is 1. The molecular formula is C25H34N4O5S. The molecule has 1 saturated heterocycles. The van der Waals surface area contributed by atoms with Crippen molar-refractivity contribution >= 4 is 34.9 Å². The first-order valence-corrected chi connectivity index (χ1v) is 12.7. The Hall–Kier alpha value is -2.98. The largest absolute Gasteiger partial charge is 0.466 e. The Labute approximate surface area is 210 Å². The van der Waals surface area contributed by atoms with Gasteiger partial charge in [0.25, 0.3) is 5.91 Å². The van der Waals surface area contributed by atoms with E-state index < -0.39 is 0 Å². The number of thiazole rings is 1. The summed E-state index contributed by atoms with van der Waals surface area (Å²) in [6, 6.07) is 5.62. The summed E-state index contributed by atoms with van der Waals surface area (Å²) in [7, 11) is 1.59. The minimum absolute atomic E-state index is 0.154. The summed E-state index contributed by atoms with van der Waals surface area (Å²) < 4.78 is 10.3. The Morgan fingerprint density at radius 1 is 1.20 bits per heavy atom. The smallest absolute Gasteiger partial charge is 0.322 e. The first kappa shape index (κ1) is 26.6. The number of likely N-dealkylation sites (tertiary alicyclic amines) is 1. The molecule has 1 fully saturated rings. The van der Waals surface area contributed by atoms with Crippen molar-refractivity contribution < 1.29 is 23.9 Å². The average molecular weight is 503 g/mol. The van der Waals surface area contributed by atoms with Crippen LogP contribution in [0.2, 0.25) is 0 Å². The van der Waals surface area contributed by atoms with Gasteiger partial charge in [-0.1, -0.05) is 18.2 Å². The number of benzene rings is 1. The molecule has 35 heavy (non-hydrogen) atoms. The van der Waals surface area contributed by atoms with E-state index in [0.29, 0.717) is 56.4 Å². The van der Waals surface area contributed by atoms with Gasteiger partial charge in [-0.3, -0.25) is 9.59 Å². The molecule has 2 aromatic rings. The van der Waals surface area contributed by atoms with E-state index in [1.807, 2.05) is 32.0 Å². The highest BCUT2D eigenvalue weighted by Crippen LogP contribution is 2.23. The zero-order valence-corrected chi connectivity index (χ0v) is 21.7. The van der Waals surface area contributed by atoms with Gasteiger partial charge >= 0.3 is 12.0 Å². The molecule has 0 atom stereocenters. The molecule has 0 spiro atoms. The quantitative estimate of drug-likeness (QED) is 0.523. The van der Waals surface area contributed by atoms with Crippen LogP contribution >= 0.6 is 11.3 Å². The van der Waals surface area contributed by atoms with E-state index in [0.717, 1.165) is 16.8 Å². The fourth-order valence-electron chi connectivity index (χ4n) is 4.04. The second kappa shape index (κ2) is 12.6. The molecule has 10 heteroatoms. The number of anilines is 1. The normalized spacial score (nSPS) is 14.0. The van der Waals surface area contributed by atoms with Crippen molar-refractivity contribution in [2.24, 2.45) is 5.92 Å². The zero-order valence-electron chi connectivity index (χ0n) is 20.8. The lowest BCUT2D eigenvalue weighted by atomic mass is 9.97. The lowest BCUT2D eigenvalue weighted by molar-refractivity contribution is -0.149. The van der Waals surface area contributed by atoms with Crippen LogP contribution in [0.15, 0.2) is 23.6 Å². The van der Waals surface area contributed by atoms with Crippen molar-refractivity contribution in [3.05, 3.63) is 45.4 Å². The Morgan fingerprint density at radius 2 is 1.89 bits per heavy atom. The van der Waals surface area contributed by atoms with E-state index >= 15 is 0 Å². The van der Waals surface area contributed by atoms with Crippen LogP contribution in [-0.2, 0) is 20.8 Å². The van der Waals surface area contributed by atoms with E-state index in [4.69, 9.17) is 9.47 Å². The molecule has 1 N–H and O–H groups in total. The third-order valence-corrected chi connectivity index (χ3v) is 6.90. The van der Waals surface area contributed by atoms with Gasteiger partial charge in [0.15, 0.2) is 0 Å². The van der Waals surface area contributed by atoms with Crippen LogP contribution in [0.3, 0.4) is 0 Å². The van der Waals surface area contributed by atoms with Gasteiger partial charge < -0.3 is 24.6 Å². The number of aromatic nitrogens is 1. The molecule has 9 nitrogen and oxygen atoms in total. The second-order valence-electron chi connectivity index (χ2n) is 8.56. The molecule has 2 heterocycles. The summed E-state index contributed by atoms with van der Waals surface area (Å²) in [5.74, 6) is -0.501. The van der Waals surface area contributed by atoms with Gasteiger partial charge in [0.1, 0.15) is 10.7 Å². The van der Waals surface area contributed by atoms with E-state index in [2.05, 4.69) is 10.3 Å². The summed E-state index contributed by atoms with van der Waals surface area (Å²) in [5.41, 5.74) is 3.13. The lowest BCUT2D eigenvalue weighted by Crippen LogP contribution is -2.40. The lowest BCUT2D eigenvalue weighted by Gasteiger charge is -2.30. The third-order valence-electron chi connectivity index (χ3n) is 6.06. The van der Waals surface area contributed by atoms with Crippen molar-refractivity contribution in [3.8, 4) is 0 Å². The number of carbonyl (C=O) groups excluding carboxylic acids is 3. The number of rotatable bonds is 9. The van der Waals surface area contributed by atoms with Crippen LogP contribution in [0, 0.1) is 19.8 Å². The molecule has 0 unspecified atom stereocenters. The van der Waals surface area contributed by atoms with Crippen molar-refractivity contribution in [2.45, 2.75) is 40.2 Å². The average Bonchev–Trinajstić information content (AvgIpc) is 3.32. The van der Waals surface area contributed by atoms with Gasteiger partial charge in [-0.25, -0.2) is 9.78 Å². The van der Waals surface area contributed by atoms with Crippen LogP contribution in [0.25, 0.3) is 0 Å². The second-order valence-corrected chi connectivity index (χ2v) is 9.50. The predicted molar refractivity (Wildman–Crippen MR) is 135 cm³/mol. The standard InChI is InChI=1S/C25H34N4O5S/c1-5-34-24(31)19-9-11-28(12-10-19)23(30)20-16-35-21(26-20)15-29(13-14-33-4)25(32)27-22-17(2)7-6-8-18(22)3/h6-8,16,19H,5,9-15H2,1-4H3,(H,27,32). The van der Waals surface area contributed by atoms with Crippen molar-refractivity contribution in [1.29, 1.82) is 0 Å². The molecule has 0 aliphatic carbocycles. The number of urea groups is 1. The van der Waals surface area contributed by atoms with E-state index in [1.54, 1.807) is 29.2 Å². The maximum absolute atomic E-state index is 13.1. The fourth-order valence-corrected chi connectivity index (χ4v) is 4.82. The SMILES string of the molecule is CCOC(=O)C1CCN(C(=O)c2csc(CN(CCOC)C(=O)Nc3c(C)cccc3C)n2)CC1. The third kappa shape index (κ3) is 7.02. The van der Waals surface area contributed by atoms with E-state index in [1.165, 1.54) is 11.3 Å². The summed E-state index contributed by atoms with van der Waals surface area (Å²) >= 11 is 1.35. The van der Waals surface area contributed by atoms with Crippen LogP contribution in [0.4, 0.5) is 10.5 Å². The van der Waals surface area contributed by atoms with Crippen molar-refractivity contribution in [1.82, 2.24) is 14.8 Å². The molecule has 1 aliphatic heterocycles. The molecular weight excluding hydrogens is 468 g/mol. The Morgan fingerprint density at radius 3 is 2.51 bits per heavy atom. The number of methoxy groups -OCH3 is 1. The van der Waals surface area contributed by atoms with Gasteiger partial charge in [0.2, 0.25) is 0 Å². The molecule has 0 saturated carbocycles. The number of amides is 3. The number of aryl methyl sites for hydroxylation is 2. The van der Waals surface area contributed by atoms with E-state index in [-0.39, 0.29) is 30.4 Å². The molecule has 3 amide bonds. The minimum atomic E-state index is -0.247. The van der Waals surface area contributed by atoms with Gasteiger partial charge in [-0.05, 0) is 44.7 Å². The monoisotopic (exact) mass is 502 g/mol.